The Kier molecular flexibility index (Phi) is 6.78. The minimum absolute atomic E-state index is 0.0543. The van der Waals surface area contributed by atoms with E-state index in [1.807, 2.05) is 24.3 Å². The number of para-hydroxylation sites is 1. The summed E-state index contributed by atoms with van der Waals surface area (Å²) in [5.74, 6) is 0.507. The van der Waals surface area contributed by atoms with Crippen molar-refractivity contribution in [2.45, 2.75) is 25.5 Å². The number of hydrogen-bond acceptors (Lipinski definition) is 5. The highest BCUT2D eigenvalue weighted by Gasteiger charge is 2.38. The first kappa shape index (κ1) is 19.2. The van der Waals surface area contributed by atoms with E-state index >= 15 is 0 Å². The molecule has 1 atom stereocenters. The van der Waals surface area contributed by atoms with Crippen LogP contribution in [0.4, 0.5) is 0 Å². The van der Waals surface area contributed by atoms with Gasteiger partial charge in [-0.2, -0.15) is 0 Å². The van der Waals surface area contributed by atoms with E-state index in [-0.39, 0.29) is 24.8 Å². The fraction of sp³-hybridized carbons (Fsp3) is 0.556. The predicted octanol–water partition coefficient (Wildman–Crippen LogP) is 0.965. The van der Waals surface area contributed by atoms with Crippen LogP contribution in [0.5, 0.6) is 5.75 Å². The van der Waals surface area contributed by atoms with E-state index in [4.69, 9.17) is 14.2 Å². The number of methoxy groups -OCH3 is 2. The van der Waals surface area contributed by atoms with Crippen molar-refractivity contribution in [2.75, 3.05) is 40.5 Å². The Hall–Kier alpha value is -2.12. The van der Waals surface area contributed by atoms with Gasteiger partial charge in [0.05, 0.1) is 33.3 Å². The molecule has 1 heterocycles. The summed E-state index contributed by atoms with van der Waals surface area (Å²) < 4.78 is 16.5. The molecule has 0 bridgehead atoms. The first-order valence-electron chi connectivity index (χ1n) is 8.27. The molecule has 0 aliphatic carbocycles. The number of amides is 2. The second-order valence-corrected chi connectivity index (χ2v) is 6.15. The molecule has 1 aromatic rings. The molecule has 2 rings (SSSR count). The van der Waals surface area contributed by atoms with Crippen LogP contribution < -0.4 is 10.1 Å². The van der Waals surface area contributed by atoms with E-state index in [0.717, 1.165) is 11.3 Å². The zero-order valence-electron chi connectivity index (χ0n) is 15.0. The number of carbonyl (C=O) groups is 2. The second kappa shape index (κ2) is 8.82. The molecule has 0 radical (unpaired) electrons. The smallest absolute Gasteiger partial charge is 0.223 e. The molecule has 2 amide bonds. The lowest BCUT2D eigenvalue weighted by atomic mass is 9.99. The van der Waals surface area contributed by atoms with Crippen LogP contribution in [-0.2, 0) is 25.6 Å². The van der Waals surface area contributed by atoms with E-state index in [0.29, 0.717) is 26.2 Å². The van der Waals surface area contributed by atoms with Gasteiger partial charge in [-0.1, -0.05) is 18.2 Å². The Bertz CT molecular complexity index is 607. The fourth-order valence-corrected chi connectivity index (χ4v) is 2.87. The van der Waals surface area contributed by atoms with Crippen molar-refractivity contribution in [1.29, 1.82) is 0 Å². The molecule has 0 aromatic heterocycles. The molecule has 0 saturated carbocycles. The highest BCUT2D eigenvalue weighted by Crippen LogP contribution is 2.22. The zero-order valence-corrected chi connectivity index (χ0v) is 15.0. The van der Waals surface area contributed by atoms with Gasteiger partial charge in [0.25, 0.3) is 0 Å². The summed E-state index contributed by atoms with van der Waals surface area (Å²) in [6.07, 6.45) is 0.114. The Balaban J connectivity index is 1.99. The molecule has 1 saturated heterocycles. The van der Waals surface area contributed by atoms with Gasteiger partial charge < -0.3 is 24.4 Å². The molecule has 1 N–H and O–H groups in total. The number of rotatable bonds is 6. The summed E-state index contributed by atoms with van der Waals surface area (Å²) >= 11 is 0. The monoisotopic (exact) mass is 350 g/mol. The molecule has 1 aliphatic rings. The first-order chi connectivity index (χ1) is 12.0. The molecule has 0 spiro atoms. The lowest BCUT2D eigenvalue weighted by Gasteiger charge is -2.33. The van der Waals surface area contributed by atoms with E-state index in [1.165, 1.54) is 6.92 Å². The summed E-state index contributed by atoms with van der Waals surface area (Å²) in [5, 5.41) is 2.89. The van der Waals surface area contributed by atoms with Crippen LogP contribution in [0, 0.1) is 0 Å². The second-order valence-electron chi connectivity index (χ2n) is 6.15. The average molecular weight is 350 g/mol. The van der Waals surface area contributed by atoms with Gasteiger partial charge in [0.15, 0.2) is 0 Å². The third-order valence-electron chi connectivity index (χ3n) is 4.38. The van der Waals surface area contributed by atoms with Gasteiger partial charge in [-0.3, -0.25) is 9.59 Å². The van der Waals surface area contributed by atoms with E-state index < -0.39 is 5.60 Å². The fourth-order valence-electron chi connectivity index (χ4n) is 2.87. The van der Waals surface area contributed by atoms with Crippen LogP contribution in [0.15, 0.2) is 24.3 Å². The summed E-state index contributed by atoms with van der Waals surface area (Å²) in [6, 6.07) is 7.52. The van der Waals surface area contributed by atoms with E-state index in [1.54, 1.807) is 19.1 Å². The van der Waals surface area contributed by atoms with Crippen LogP contribution in [0.3, 0.4) is 0 Å². The maximum absolute atomic E-state index is 12.4. The van der Waals surface area contributed by atoms with Crippen LogP contribution in [0.2, 0.25) is 0 Å². The minimum Gasteiger partial charge on any atom is -0.496 e. The standard InChI is InChI=1S/C18H26N2O5/c1-14(21)20-8-9-25-13-18(12-20,24-3)10-17(22)19-11-15-6-4-5-7-16(15)23-2/h4-7H,8-13H2,1-3H3,(H,19,22)/t18-/m1/s1. The third-order valence-corrected chi connectivity index (χ3v) is 4.38. The van der Waals surface area contributed by atoms with Gasteiger partial charge in [0, 0.05) is 32.7 Å². The maximum atomic E-state index is 12.4. The molecule has 1 fully saturated rings. The van der Waals surface area contributed by atoms with Crippen molar-refractivity contribution >= 4 is 11.8 Å². The summed E-state index contributed by atoms with van der Waals surface area (Å²) in [5.41, 5.74) is 0.0554. The Morgan fingerprint density at radius 3 is 2.76 bits per heavy atom. The molecular weight excluding hydrogens is 324 g/mol. The van der Waals surface area contributed by atoms with Gasteiger partial charge in [-0.05, 0) is 6.07 Å². The van der Waals surface area contributed by atoms with Crippen molar-refractivity contribution in [1.82, 2.24) is 10.2 Å². The van der Waals surface area contributed by atoms with Crippen molar-refractivity contribution < 1.29 is 23.8 Å². The number of benzene rings is 1. The SMILES string of the molecule is COc1ccccc1CNC(=O)C[C@]1(OC)COCCN(C(C)=O)C1. The molecule has 1 aliphatic heterocycles. The highest BCUT2D eigenvalue weighted by molar-refractivity contribution is 5.78. The van der Waals surface area contributed by atoms with E-state index in [9.17, 15) is 9.59 Å². The largest absolute Gasteiger partial charge is 0.496 e. The van der Waals surface area contributed by atoms with Gasteiger partial charge in [-0.15, -0.1) is 0 Å². The molecule has 1 aromatic carbocycles. The average Bonchev–Trinajstić information content (AvgIpc) is 2.83. The Morgan fingerprint density at radius 2 is 2.08 bits per heavy atom. The first-order valence-corrected chi connectivity index (χ1v) is 8.27. The maximum Gasteiger partial charge on any atom is 0.223 e. The molecule has 138 valence electrons. The van der Waals surface area contributed by atoms with Crippen LogP contribution in [0.1, 0.15) is 18.9 Å². The van der Waals surface area contributed by atoms with Crippen molar-refractivity contribution in [2.24, 2.45) is 0 Å². The molecule has 25 heavy (non-hydrogen) atoms. The predicted molar refractivity (Wildman–Crippen MR) is 92.3 cm³/mol. The van der Waals surface area contributed by atoms with Gasteiger partial charge in [0.2, 0.25) is 11.8 Å². The summed E-state index contributed by atoms with van der Waals surface area (Å²) in [4.78, 5) is 25.8. The van der Waals surface area contributed by atoms with Crippen LogP contribution in [0.25, 0.3) is 0 Å². The van der Waals surface area contributed by atoms with Gasteiger partial charge >= 0.3 is 0 Å². The van der Waals surface area contributed by atoms with Gasteiger partial charge in [0.1, 0.15) is 11.4 Å². The number of ether oxygens (including phenoxy) is 3. The number of hydrogen-bond donors (Lipinski definition) is 1. The number of nitrogens with zero attached hydrogens (tertiary/aromatic N) is 1. The number of nitrogens with one attached hydrogen (secondary N) is 1. The molecule has 7 heteroatoms. The molecular formula is C18H26N2O5. The Labute approximate surface area is 148 Å². The van der Waals surface area contributed by atoms with Crippen LogP contribution in [-0.4, -0.2) is 62.8 Å². The summed E-state index contributed by atoms with van der Waals surface area (Å²) in [6.45, 7) is 3.42. The molecule has 7 nitrogen and oxygen atoms in total. The van der Waals surface area contributed by atoms with Crippen molar-refractivity contribution in [3.05, 3.63) is 29.8 Å². The van der Waals surface area contributed by atoms with Crippen molar-refractivity contribution in [3.8, 4) is 5.75 Å². The van der Waals surface area contributed by atoms with Crippen molar-refractivity contribution in [3.63, 3.8) is 0 Å². The summed E-state index contributed by atoms with van der Waals surface area (Å²) in [7, 11) is 3.14. The topological polar surface area (TPSA) is 77.1 Å². The lowest BCUT2D eigenvalue weighted by Crippen LogP contribution is -2.50. The van der Waals surface area contributed by atoms with Crippen LogP contribution >= 0.6 is 0 Å². The third kappa shape index (κ3) is 5.17. The lowest BCUT2D eigenvalue weighted by molar-refractivity contribution is -0.139. The quantitative estimate of drug-likeness (QED) is 0.827. The van der Waals surface area contributed by atoms with E-state index in [2.05, 4.69) is 5.32 Å². The minimum atomic E-state index is -0.840. The highest BCUT2D eigenvalue weighted by atomic mass is 16.5. The Morgan fingerprint density at radius 1 is 1.32 bits per heavy atom. The number of carbonyl (C=O) groups excluding carboxylic acids is 2. The normalized spacial score (nSPS) is 20.7. The van der Waals surface area contributed by atoms with Gasteiger partial charge in [-0.25, -0.2) is 0 Å². The molecule has 0 unspecified atom stereocenters. The zero-order chi connectivity index (χ0) is 18.3.